The van der Waals surface area contributed by atoms with Gasteiger partial charge in [0.15, 0.2) is 0 Å². The number of hydrogen-bond donors (Lipinski definition) is 1. The predicted molar refractivity (Wildman–Crippen MR) is 91.0 cm³/mol. The number of ether oxygens (including phenoxy) is 1. The molecule has 0 radical (unpaired) electrons. The molecule has 1 unspecified atom stereocenters. The van der Waals surface area contributed by atoms with E-state index in [-0.39, 0.29) is 30.4 Å². The van der Waals surface area contributed by atoms with Gasteiger partial charge in [-0.15, -0.1) is 0 Å². The molecule has 0 aromatic heterocycles. The lowest BCUT2D eigenvalue weighted by atomic mass is 9.77. The first-order valence-corrected chi connectivity index (χ1v) is 8.06. The van der Waals surface area contributed by atoms with Gasteiger partial charge in [-0.2, -0.15) is 0 Å². The number of carbonyl (C=O) groups is 2. The number of halogens is 1. The van der Waals surface area contributed by atoms with E-state index in [9.17, 15) is 14.0 Å². The summed E-state index contributed by atoms with van der Waals surface area (Å²) in [5.74, 6) is -0.969. The maximum absolute atomic E-state index is 13.6. The van der Waals surface area contributed by atoms with Crippen molar-refractivity contribution < 1.29 is 18.7 Å². The van der Waals surface area contributed by atoms with Crippen molar-refractivity contribution in [1.82, 2.24) is 0 Å². The second-order valence-corrected chi connectivity index (χ2v) is 7.75. The molecular formula is C18H25FN2O3. The zero-order valence-electron chi connectivity index (χ0n) is 14.7. The van der Waals surface area contributed by atoms with Gasteiger partial charge < -0.3 is 15.4 Å². The number of anilines is 2. The Morgan fingerprint density at radius 2 is 2.08 bits per heavy atom. The summed E-state index contributed by atoms with van der Waals surface area (Å²) < 4.78 is 19.0. The van der Waals surface area contributed by atoms with Crippen molar-refractivity contribution in [3.63, 3.8) is 0 Å². The molecule has 1 atom stereocenters. The summed E-state index contributed by atoms with van der Waals surface area (Å²) in [4.78, 5) is 26.1. The van der Waals surface area contributed by atoms with Gasteiger partial charge in [0.2, 0.25) is 5.91 Å². The van der Waals surface area contributed by atoms with E-state index < -0.39 is 16.8 Å². The van der Waals surface area contributed by atoms with Crippen LogP contribution in [0.2, 0.25) is 0 Å². The van der Waals surface area contributed by atoms with Crippen LogP contribution < -0.4 is 10.6 Å². The molecule has 132 valence electrons. The van der Waals surface area contributed by atoms with Crippen LogP contribution in [0.15, 0.2) is 18.2 Å². The first-order chi connectivity index (χ1) is 11.0. The Balaban J connectivity index is 2.05. The smallest absolute Gasteiger partial charge is 0.306 e. The lowest BCUT2D eigenvalue weighted by molar-refractivity contribution is -0.158. The molecule has 1 aromatic rings. The fourth-order valence-electron chi connectivity index (χ4n) is 2.89. The van der Waals surface area contributed by atoms with E-state index in [2.05, 4.69) is 0 Å². The number of piperidine rings is 1. The minimum Gasteiger partial charge on any atom is -0.460 e. The van der Waals surface area contributed by atoms with Gasteiger partial charge in [-0.3, -0.25) is 9.59 Å². The molecule has 0 spiro atoms. The van der Waals surface area contributed by atoms with Gasteiger partial charge in [0, 0.05) is 18.7 Å². The number of amides is 1. The summed E-state index contributed by atoms with van der Waals surface area (Å²) in [6, 6.07) is 4.35. The molecule has 1 fully saturated rings. The standard InChI is InChI=1S/C18H25FN2O3/c1-17(2,3)24-16(23)11-18(4)7-8-21(15(22)10-18)12-5-6-14(20)13(19)9-12/h5-6,9H,7-8,10-11,20H2,1-4H3. The Morgan fingerprint density at radius 1 is 1.42 bits per heavy atom. The highest BCUT2D eigenvalue weighted by molar-refractivity contribution is 5.95. The molecule has 6 heteroatoms. The average Bonchev–Trinajstić information content (AvgIpc) is 2.39. The zero-order valence-corrected chi connectivity index (χ0v) is 14.7. The highest BCUT2D eigenvalue weighted by Crippen LogP contribution is 2.37. The molecule has 1 aliphatic rings. The molecule has 1 heterocycles. The van der Waals surface area contributed by atoms with E-state index in [4.69, 9.17) is 10.5 Å². The zero-order chi connectivity index (χ0) is 18.1. The highest BCUT2D eigenvalue weighted by Gasteiger charge is 2.38. The molecule has 24 heavy (non-hydrogen) atoms. The van der Waals surface area contributed by atoms with Gasteiger partial charge in [-0.1, -0.05) is 6.92 Å². The van der Waals surface area contributed by atoms with Gasteiger partial charge in [0.05, 0.1) is 12.1 Å². The van der Waals surface area contributed by atoms with E-state index in [1.807, 2.05) is 27.7 Å². The number of benzene rings is 1. The molecule has 1 saturated heterocycles. The fraction of sp³-hybridized carbons (Fsp3) is 0.556. The molecule has 0 saturated carbocycles. The summed E-state index contributed by atoms with van der Waals surface area (Å²) in [5, 5.41) is 0. The van der Waals surface area contributed by atoms with Gasteiger partial charge in [0.1, 0.15) is 11.4 Å². The summed E-state index contributed by atoms with van der Waals surface area (Å²) in [7, 11) is 0. The highest BCUT2D eigenvalue weighted by atomic mass is 19.1. The third kappa shape index (κ3) is 4.46. The average molecular weight is 336 g/mol. The Bertz CT molecular complexity index is 654. The van der Waals surface area contributed by atoms with E-state index in [0.717, 1.165) is 0 Å². The topological polar surface area (TPSA) is 72.6 Å². The lowest BCUT2D eigenvalue weighted by Gasteiger charge is -2.38. The number of nitrogen functional groups attached to an aromatic ring is 1. The summed E-state index contributed by atoms with van der Waals surface area (Å²) in [5.41, 5.74) is 5.03. The lowest BCUT2D eigenvalue weighted by Crippen LogP contribution is -2.44. The van der Waals surface area contributed by atoms with Gasteiger partial charge >= 0.3 is 5.97 Å². The minimum absolute atomic E-state index is 0.0537. The van der Waals surface area contributed by atoms with Crippen LogP contribution in [0.5, 0.6) is 0 Å². The molecule has 1 aliphatic heterocycles. The third-order valence-electron chi connectivity index (χ3n) is 4.10. The molecule has 0 bridgehead atoms. The van der Waals surface area contributed by atoms with E-state index >= 15 is 0 Å². The van der Waals surface area contributed by atoms with E-state index in [0.29, 0.717) is 18.7 Å². The SMILES string of the molecule is CC1(CC(=O)OC(C)(C)C)CCN(c2ccc(N)c(F)c2)C(=O)C1. The fourth-order valence-corrected chi connectivity index (χ4v) is 2.89. The Morgan fingerprint density at radius 3 is 2.62 bits per heavy atom. The first kappa shape index (κ1) is 18.2. The van der Waals surface area contributed by atoms with E-state index in [1.165, 1.54) is 12.1 Å². The molecule has 5 nitrogen and oxygen atoms in total. The molecule has 2 N–H and O–H groups in total. The third-order valence-corrected chi connectivity index (χ3v) is 4.10. The van der Waals surface area contributed by atoms with Crippen molar-refractivity contribution in [2.24, 2.45) is 5.41 Å². The maximum Gasteiger partial charge on any atom is 0.306 e. The minimum atomic E-state index is -0.542. The van der Waals surface area contributed by atoms with Crippen LogP contribution >= 0.6 is 0 Å². The first-order valence-electron chi connectivity index (χ1n) is 8.06. The predicted octanol–water partition coefficient (Wildman–Crippen LogP) is 3.27. The summed E-state index contributed by atoms with van der Waals surface area (Å²) in [6.07, 6.45) is 1.06. The van der Waals surface area contributed by atoms with Crippen LogP contribution in [0.1, 0.15) is 47.0 Å². The number of nitrogens with zero attached hydrogens (tertiary/aromatic N) is 1. The van der Waals surface area contributed by atoms with Crippen molar-refractivity contribution in [3.8, 4) is 0 Å². The summed E-state index contributed by atoms with van der Waals surface area (Å²) >= 11 is 0. The van der Waals surface area contributed by atoms with Gasteiger partial charge in [-0.25, -0.2) is 4.39 Å². The van der Waals surface area contributed by atoms with Crippen molar-refractivity contribution in [2.75, 3.05) is 17.2 Å². The van der Waals surface area contributed by atoms with Gasteiger partial charge in [0.25, 0.3) is 0 Å². The second kappa shape index (κ2) is 6.42. The Hall–Kier alpha value is -2.11. The Labute approximate surface area is 142 Å². The van der Waals surface area contributed by atoms with Crippen molar-refractivity contribution in [3.05, 3.63) is 24.0 Å². The van der Waals surface area contributed by atoms with Crippen molar-refractivity contribution in [1.29, 1.82) is 0 Å². The maximum atomic E-state index is 13.6. The largest absolute Gasteiger partial charge is 0.460 e. The molecule has 1 amide bonds. The van der Waals surface area contributed by atoms with Crippen molar-refractivity contribution >= 4 is 23.3 Å². The number of hydrogen-bond acceptors (Lipinski definition) is 4. The van der Waals surface area contributed by atoms with Crippen LogP contribution in [0, 0.1) is 11.2 Å². The van der Waals surface area contributed by atoms with Crippen LogP contribution in [-0.2, 0) is 14.3 Å². The van der Waals surface area contributed by atoms with Gasteiger partial charge in [-0.05, 0) is 50.8 Å². The van der Waals surface area contributed by atoms with Crippen LogP contribution in [0.25, 0.3) is 0 Å². The number of carbonyl (C=O) groups excluding carboxylic acids is 2. The molecular weight excluding hydrogens is 311 g/mol. The van der Waals surface area contributed by atoms with Crippen LogP contribution in [0.4, 0.5) is 15.8 Å². The number of esters is 1. The van der Waals surface area contributed by atoms with Crippen LogP contribution in [-0.4, -0.2) is 24.0 Å². The summed E-state index contributed by atoms with van der Waals surface area (Å²) in [6.45, 7) is 7.79. The quantitative estimate of drug-likeness (QED) is 0.679. The molecule has 1 aromatic carbocycles. The monoisotopic (exact) mass is 336 g/mol. The second-order valence-electron chi connectivity index (χ2n) is 7.75. The van der Waals surface area contributed by atoms with Crippen LogP contribution in [0.3, 0.4) is 0 Å². The normalized spacial score (nSPS) is 21.7. The number of nitrogens with two attached hydrogens (primary N) is 1. The van der Waals surface area contributed by atoms with Crippen molar-refractivity contribution in [2.45, 2.75) is 52.6 Å². The number of rotatable bonds is 3. The molecule has 2 rings (SSSR count). The molecule has 0 aliphatic carbocycles. The Kier molecular flexibility index (Phi) is 4.87. The van der Waals surface area contributed by atoms with E-state index in [1.54, 1.807) is 11.0 Å².